The van der Waals surface area contributed by atoms with Crippen LogP contribution >= 0.6 is 11.3 Å². The SMILES string of the molecule is CN=c1scc(-c2cccc3ccccc23)n1N=Cc1ccc(OC)c(OC)c1OC. The third kappa shape index (κ3) is 3.80. The summed E-state index contributed by atoms with van der Waals surface area (Å²) in [6.45, 7) is 0. The van der Waals surface area contributed by atoms with E-state index in [1.165, 1.54) is 5.39 Å². The molecule has 1 aromatic heterocycles. The molecule has 0 unspecified atom stereocenters. The van der Waals surface area contributed by atoms with Crippen molar-refractivity contribution in [3.05, 3.63) is 70.3 Å². The van der Waals surface area contributed by atoms with Gasteiger partial charge in [-0.2, -0.15) is 5.10 Å². The first-order valence-corrected chi connectivity index (χ1v) is 10.5. The lowest BCUT2D eigenvalue weighted by Gasteiger charge is -2.13. The molecule has 0 aliphatic carbocycles. The highest BCUT2D eigenvalue weighted by Crippen LogP contribution is 2.39. The van der Waals surface area contributed by atoms with E-state index in [-0.39, 0.29) is 0 Å². The molecule has 0 radical (unpaired) electrons. The van der Waals surface area contributed by atoms with Gasteiger partial charge in [-0.1, -0.05) is 42.5 Å². The van der Waals surface area contributed by atoms with Gasteiger partial charge >= 0.3 is 0 Å². The van der Waals surface area contributed by atoms with Crippen LogP contribution in [-0.4, -0.2) is 39.3 Å². The maximum absolute atomic E-state index is 5.58. The zero-order valence-electron chi connectivity index (χ0n) is 17.8. The molecule has 0 saturated carbocycles. The predicted molar refractivity (Wildman–Crippen MR) is 126 cm³/mol. The fourth-order valence-corrected chi connectivity index (χ4v) is 4.34. The van der Waals surface area contributed by atoms with E-state index < -0.39 is 0 Å². The minimum absolute atomic E-state index is 0.527. The molecule has 0 aliphatic rings. The van der Waals surface area contributed by atoms with Crippen molar-refractivity contribution in [1.29, 1.82) is 0 Å². The summed E-state index contributed by atoms with van der Waals surface area (Å²) in [6, 6.07) is 18.3. The Labute approximate surface area is 184 Å². The molecule has 31 heavy (non-hydrogen) atoms. The van der Waals surface area contributed by atoms with E-state index in [1.807, 2.05) is 28.9 Å². The second-order valence-corrected chi connectivity index (χ2v) is 7.47. The number of ether oxygens (including phenoxy) is 3. The first kappa shape index (κ1) is 20.7. The number of hydrogen-bond acceptors (Lipinski definition) is 6. The molecule has 0 amide bonds. The zero-order valence-corrected chi connectivity index (χ0v) is 18.6. The number of fused-ring (bicyclic) bond motifs is 1. The average molecular weight is 434 g/mol. The van der Waals surface area contributed by atoms with Gasteiger partial charge in [0.25, 0.3) is 0 Å². The van der Waals surface area contributed by atoms with E-state index in [9.17, 15) is 0 Å². The van der Waals surface area contributed by atoms with Crippen molar-refractivity contribution in [3.8, 4) is 28.5 Å². The minimum Gasteiger partial charge on any atom is -0.493 e. The summed E-state index contributed by atoms with van der Waals surface area (Å²) in [5.74, 6) is 1.68. The summed E-state index contributed by atoms with van der Waals surface area (Å²) in [7, 11) is 6.54. The number of methoxy groups -OCH3 is 3. The molecule has 3 aromatic carbocycles. The molecule has 6 nitrogen and oxygen atoms in total. The van der Waals surface area contributed by atoms with Crippen LogP contribution < -0.4 is 19.0 Å². The maximum atomic E-state index is 5.58. The molecule has 0 spiro atoms. The van der Waals surface area contributed by atoms with Crippen molar-refractivity contribution in [2.24, 2.45) is 10.1 Å². The van der Waals surface area contributed by atoms with Crippen LogP contribution in [0.3, 0.4) is 0 Å². The largest absolute Gasteiger partial charge is 0.493 e. The van der Waals surface area contributed by atoms with Gasteiger partial charge in [-0.25, -0.2) is 4.68 Å². The fourth-order valence-electron chi connectivity index (χ4n) is 3.54. The lowest BCUT2D eigenvalue weighted by Crippen LogP contribution is -2.11. The molecule has 4 aromatic rings. The number of benzene rings is 3. The van der Waals surface area contributed by atoms with Gasteiger partial charge in [0.1, 0.15) is 0 Å². The summed E-state index contributed by atoms with van der Waals surface area (Å²) < 4.78 is 18.3. The quantitative estimate of drug-likeness (QED) is 0.410. The van der Waals surface area contributed by atoms with Crippen LogP contribution in [0.2, 0.25) is 0 Å². The van der Waals surface area contributed by atoms with Crippen molar-refractivity contribution in [3.63, 3.8) is 0 Å². The third-order valence-corrected chi connectivity index (χ3v) is 5.90. The van der Waals surface area contributed by atoms with Crippen LogP contribution in [0.1, 0.15) is 5.56 Å². The van der Waals surface area contributed by atoms with Gasteiger partial charge in [-0.3, -0.25) is 4.99 Å². The molecule has 0 N–H and O–H groups in total. The summed E-state index contributed by atoms with van der Waals surface area (Å²) in [5, 5.41) is 9.18. The number of aromatic nitrogens is 1. The third-order valence-electron chi connectivity index (χ3n) is 4.99. The molecule has 4 rings (SSSR count). The molecule has 0 fully saturated rings. The van der Waals surface area contributed by atoms with Crippen molar-refractivity contribution in [2.45, 2.75) is 0 Å². The zero-order chi connectivity index (χ0) is 21.8. The highest BCUT2D eigenvalue weighted by atomic mass is 32.1. The topological polar surface area (TPSA) is 57.3 Å². The second kappa shape index (κ2) is 9.06. The van der Waals surface area contributed by atoms with Crippen LogP contribution in [0, 0.1) is 0 Å². The Hall–Kier alpha value is -3.58. The van der Waals surface area contributed by atoms with Crippen LogP contribution in [0.5, 0.6) is 17.2 Å². The first-order valence-electron chi connectivity index (χ1n) is 9.66. The normalized spacial score (nSPS) is 11.9. The molecule has 0 aliphatic heterocycles. The van der Waals surface area contributed by atoms with E-state index in [2.05, 4.69) is 40.7 Å². The summed E-state index contributed by atoms with van der Waals surface area (Å²) in [5.41, 5.74) is 2.84. The van der Waals surface area contributed by atoms with Gasteiger partial charge in [0, 0.05) is 23.6 Å². The summed E-state index contributed by atoms with van der Waals surface area (Å²) in [6.07, 6.45) is 1.75. The van der Waals surface area contributed by atoms with Crippen LogP contribution in [0.4, 0.5) is 0 Å². The summed E-state index contributed by atoms with van der Waals surface area (Å²) in [4.78, 5) is 5.19. The van der Waals surface area contributed by atoms with E-state index in [0.29, 0.717) is 17.2 Å². The number of nitrogens with zero attached hydrogens (tertiary/aromatic N) is 3. The molecular formula is C24H23N3O3S. The molecule has 7 heteroatoms. The lowest BCUT2D eigenvalue weighted by molar-refractivity contribution is 0.324. The lowest BCUT2D eigenvalue weighted by atomic mass is 10.0. The van der Waals surface area contributed by atoms with Crippen LogP contribution in [-0.2, 0) is 0 Å². The van der Waals surface area contributed by atoms with Gasteiger partial charge in [0.2, 0.25) is 10.6 Å². The first-order chi connectivity index (χ1) is 15.2. The number of rotatable bonds is 6. The van der Waals surface area contributed by atoms with Gasteiger partial charge < -0.3 is 14.2 Å². The number of thiazole rings is 1. The van der Waals surface area contributed by atoms with Gasteiger partial charge in [0.05, 0.1) is 33.2 Å². The second-order valence-electron chi connectivity index (χ2n) is 6.63. The maximum Gasteiger partial charge on any atom is 0.205 e. The summed E-state index contributed by atoms with van der Waals surface area (Å²) >= 11 is 1.54. The highest BCUT2D eigenvalue weighted by Gasteiger charge is 2.15. The Bertz CT molecular complexity index is 1320. The highest BCUT2D eigenvalue weighted by molar-refractivity contribution is 7.07. The molecule has 0 saturated heterocycles. The van der Waals surface area contributed by atoms with Crippen molar-refractivity contribution in [2.75, 3.05) is 28.4 Å². The molecular weight excluding hydrogens is 410 g/mol. The Morgan fingerprint density at radius 1 is 0.871 bits per heavy atom. The molecule has 158 valence electrons. The van der Waals surface area contributed by atoms with E-state index in [4.69, 9.17) is 19.3 Å². The predicted octanol–water partition coefficient (Wildman–Crippen LogP) is 4.81. The van der Waals surface area contributed by atoms with E-state index >= 15 is 0 Å². The van der Waals surface area contributed by atoms with Crippen LogP contribution in [0.15, 0.2) is 70.1 Å². The Morgan fingerprint density at radius 2 is 1.65 bits per heavy atom. The van der Waals surface area contributed by atoms with E-state index in [1.54, 1.807) is 45.9 Å². The monoisotopic (exact) mass is 433 g/mol. The van der Waals surface area contributed by atoms with Crippen LogP contribution in [0.25, 0.3) is 22.0 Å². The van der Waals surface area contributed by atoms with Crippen molar-refractivity contribution < 1.29 is 14.2 Å². The fraction of sp³-hybridized carbons (Fsp3) is 0.167. The molecule has 0 atom stereocenters. The number of hydrogen-bond donors (Lipinski definition) is 0. The molecule has 0 bridgehead atoms. The smallest absolute Gasteiger partial charge is 0.205 e. The minimum atomic E-state index is 0.527. The van der Waals surface area contributed by atoms with Crippen molar-refractivity contribution in [1.82, 2.24) is 4.68 Å². The Balaban J connectivity index is 1.86. The molecule has 1 heterocycles. The van der Waals surface area contributed by atoms with Gasteiger partial charge in [-0.15, -0.1) is 11.3 Å². The Kier molecular flexibility index (Phi) is 6.04. The van der Waals surface area contributed by atoms with Crippen molar-refractivity contribution >= 4 is 28.3 Å². The van der Waals surface area contributed by atoms with Gasteiger partial charge in [-0.05, 0) is 22.9 Å². The standard InChI is InChI=1S/C24H23N3O3S/c1-25-24-27(26-14-17-12-13-21(28-2)23(30-4)22(17)29-3)20(15-31-24)19-11-7-9-16-8-5-6-10-18(16)19/h5-15H,1-4H3. The van der Waals surface area contributed by atoms with Gasteiger partial charge in [0.15, 0.2) is 11.5 Å². The average Bonchev–Trinajstić information content (AvgIpc) is 3.24. The van der Waals surface area contributed by atoms with E-state index in [0.717, 1.165) is 27.0 Å². The Morgan fingerprint density at radius 3 is 2.39 bits per heavy atom.